The molecule has 0 aliphatic rings. The highest BCUT2D eigenvalue weighted by molar-refractivity contribution is 5.87. The van der Waals surface area contributed by atoms with E-state index in [0.29, 0.717) is 17.3 Å². The molecule has 1 N–H and O–H groups in total. The second-order valence-corrected chi connectivity index (χ2v) is 7.18. The molecule has 30 heavy (non-hydrogen) atoms. The molecule has 2 heterocycles. The summed E-state index contributed by atoms with van der Waals surface area (Å²) in [6.45, 7) is 6.19. The summed E-state index contributed by atoms with van der Waals surface area (Å²) in [4.78, 5) is 15.0. The Labute approximate surface area is 173 Å². The summed E-state index contributed by atoms with van der Waals surface area (Å²) in [5.41, 5.74) is 8.18. The van der Waals surface area contributed by atoms with Crippen LogP contribution in [0.1, 0.15) is 22.5 Å². The van der Waals surface area contributed by atoms with Gasteiger partial charge in [-0.05, 0) is 68.3 Å². The fourth-order valence-corrected chi connectivity index (χ4v) is 3.39. The minimum Gasteiger partial charge on any atom is -0.455 e. The van der Waals surface area contributed by atoms with E-state index < -0.39 is 4.92 Å². The fraction of sp³-hybridized carbons (Fsp3) is 0.130. The van der Waals surface area contributed by atoms with E-state index in [9.17, 15) is 10.1 Å². The molecule has 7 nitrogen and oxygen atoms in total. The Hall–Kier alpha value is -4.00. The smallest absolute Gasteiger partial charge is 0.269 e. The van der Waals surface area contributed by atoms with Gasteiger partial charge in [0, 0.05) is 23.1 Å². The number of pyridine rings is 1. The van der Waals surface area contributed by atoms with E-state index in [1.165, 1.54) is 17.7 Å². The topological polar surface area (TPSA) is 93.6 Å². The van der Waals surface area contributed by atoms with Crippen molar-refractivity contribution in [3.8, 4) is 11.3 Å². The Bertz CT molecular complexity index is 1270. The molecule has 0 amide bonds. The highest BCUT2D eigenvalue weighted by Gasteiger charge is 2.08. The molecule has 0 atom stereocenters. The van der Waals surface area contributed by atoms with Crippen LogP contribution in [-0.4, -0.2) is 16.1 Å². The first-order valence-electron chi connectivity index (χ1n) is 9.43. The van der Waals surface area contributed by atoms with Gasteiger partial charge in [0.15, 0.2) is 0 Å². The Morgan fingerprint density at radius 1 is 1.03 bits per heavy atom. The first-order valence-corrected chi connectivity index (χ1v) is 9.43. The van der Waals surface area contributed by atoms with Crippen molar-refractivity contribution in [3.63, 3.8) is 0 Å². The molecule has 0 radical (unpaired) electrons. The molecule has 0 fully saturated rings. The van der Waals surface area contributed by atoms with Gasteiger partial charge in [-0.3, -0.25) is 15.5 Å². The molecule has 2 aromatic heterocycles. The second kappa shape index (κ2) is 7.79. The largest absolute Gasteiger partial charge is 0.455 e. The lowest BCUT2D eigenvalue weighted by Crippen LogP contribution is -1.96. The molecule has 7 heteroatoms. The van der Waals surface area contributed by atoms with Gasteiger partial charge in [-0.1, -0.05) is 11.6 Å². The van der Waals surface area contributed by atoms with Gasteiger partial charge in [0.2, 0.25) is 0 Å². The van der Waals surface area contributed by atoms with Crippen LogP contribution in [-0.2, 0) is 0 Å². The third kappa shape index (κ3) is 3.91. The summed E-state index contributed by atoms with van der Waals surface area (Å²) in [6, 6.07) is 16.0. The van der Waals surface area contributed by atoms with Crippen molar-refractivity contribution in [1.29, 1.82) is 0 Å². The maximum atomic E-state index is 10.8. The van der Waals surface area contributed by atoms with E-state index in [1.54, 1.807) is 30.5 Å². The molecule has 0 bridgehead atoms. The highest BCUT2D eigenvalue weighted by Crippen LogP contribution is 2.25. The lowest BCUT2D eigenvalue weighted by atomic mass is 10.0. The molecule has 0 aliphatic heterocycles. The normalized spacial score (nSPS) is 11.3. The predicted octanol–water partition coefficient (Wildman–Crippen LogP) is 5.77. The number of hydrogen-bond donors (Lipinski definition) is 1. The van der Waals surface area contributed by atoms with Crippen LogP contribution < -0.4 is 5.43 Å². The van der Waals surface area contributed by atoms with Crippen molar-refractivity contribution in [2.45, 2.75) is 20.8 Å². The van der Waals surface area contributed by atoms with Gasteiger partial charge >= 0.3 is 0 Å². The molecule has 0 saturated heterocycles. The van der Waals surface area contributed by atoms with Gasteiger partial charge < -0.3 is 4.42 Å². The molecule has 0 spiro atoms. The summed E-state index contributed by atoms with van der Waals surface area (Å²) >= 11 is 0. The van der Waals surface area contributed by atoms with Gasteiger partial charge in [-0.25, -0.2) is 4.98 Å². The summed E-state index contributed by atoms with van der Waals surface area (Å²) in [5.74, 6) is 1.82. The molecule has 150 valence electrons. The molecule has 0 aliphatic carbocycles. The lowest BCUT2D eigenvalue weighted by Gasteiger charge is -2.09. The van der Waals surface area contributed by atoms with Crippen LogP contribution in [0.3, 0.4) is 0 Å². The van der Waals surface area contributed by atoms with Crippen molar-refractivity contribution in [2.24, 2.45) is 5.10 Å². The fourth-order valence-electron chi connectivity index (χ4n) is 3.39. The molecule has 4 rings (SSSR count). The van der Waals surface area contributed by atoms with Crippen molar-refractivity contribution in [3.05, 3.63) is 87.2 Å². The number of furan rings is 1. The zero-order chi connectivity index (χ0) is 21.3. The molecule has 0 unspecified atom stereocenters. The third-order valence-corrected chi connectivity index (χ3v) is 4.82. The Morgan fingerprint density at radius 2 is 1.80 bits per heavy atom. The number of anilines is 1. The van der Waals surface area contributed by atoms with Crippen LogP contribution in [0.5, 0.6) is 0 Å². The Kier molecular flexibility index (Phi) is 5.02. The number of fused-ring (bicyclic) bond motifs is 1. The van der Waals surface area contributed by atoms with E-state index in [0.717, 1.165) is 27.6 Å². The molecule has 4 aromatic rings. The molecule has 2 aromatic carbocycles. The number of nitrogens with one attached hydrogen (secondary N) is 1. The Balaban J connectivity index is 1.51. The van der Waals surface area contributed by atoms with E-state index >= 15 is 0 Å². The van der Waals surface area contributed by atoms with Crippen molar-refractivity contribution in [2.75, 3.05) is 5.43 Å². The quantitative estimate of drug-likeness (QED) is 0.261. The van der Waals surface area contributed by atoms with Gasteiger partial charge in [-0.15, -0.1) is 0 Å². The summed E-state index contributed by atoms with van der Waals surface area (Å²) in [7, 11) is 0. The number of aromatic nitrogens is 1. The number of nitrogens with zero attached hydrogens (tertiary/aromatic N) is 3. The standard InChI is InChI=1S/C23H20N4O3/c1-14-10-16(3)23-20(11-14)15(2)12-22(25-23)26-24-13-19-8-9-21(30-19)17-4-6-18(7-5-17)27(28)29/h4-13H,1-3H3,(H,25,26). The number of nitro benzene ring substituents is 1. The first kappa shape index (κ1) is 19.3. The lowest BCUT2D eigenvalue weighted by molar-refractivity contribution is -0.384. The van der Waals surface area contributed by atoms with Crippen LogP contribution in [0.2, 0.25) is 0 Å². The number of hydrazone groups is 1. The molecular weight excluding hydrogens is 380 g/mol. The minimum atomic E-state index is -0.430. The average molecular weight is 400 g/mol. The maximum Gasteiger partial charge on any atom is 0.269 e. The van der Waals surface area contributed by atoms with E-state index in [-0.39, 0.29) is 5.69 Å². The van der Waals surface area contributed by atoms with Gasteiger partial charge in [0.1, 0.15) is 17.3 Å². The monoisotopic (exact) mass is 400 g/mol. The average Bonchev–Trinajstić information content (AvgIpc) is 3.18. The molecule has 0 saturated carbocycles. The highest BCUT2D eigenvalue weighted by atomic mass is 16.6. The van der Waals surface area contributed by atoms with Crippen LogP contribution in [0.4, 0.5) is 11.5 Å². The van der Waals surface area contributed by atoms with Crippen LogP contribution in [0, 0.1) is 30.9 Å². The number of benzene rings is 2. The predicted molar refractivity (Wildman–Crippen MR) is 118 cm³/mol. The first-order chi connectivity index (χ1) is 14.4. The van der Waals surface area contributed by atoms with Gasteiger partial charge in [0.25, 0.3) is 5.69 Å². The van der Waals surface area contributed by atoms with Crippen molar-refractivity contribution in [1.82, 2.24) is 4.98 Å². The van der Waals surface area contributed by atoms with Crippen LogP contribution in [0.15, 0.2) is 64.1 Å². The van der Waals surface area contributed by atoms with E-state index in [4.69, 9.17) is 4.42 Å². The van der Waals surface area contributed by atoms with Crippen LogP contribution in [0.25, 0.3) is 22.2 Å². The van der Waals surface area contributed by atoms with Gasteiger partial charge in [-0.2, -0.15) is 5.10 Å². The van der Waals surface area contributed by atoms with Gasteiger partial charge in [0.05, 0.1) is 16.7 Å². The van der Waals surface area contributed by atoms with E-state index in [1.807, 2.05) is 6.07 Å². The SMILES string of the molecule is Cc1cc(C)c2nc(NN=Cc3ccc(-c4ccc([N+](=O)[O-])cc4)o3)cc(C)c2c1. The molecular formula is C23H20N4O3. The third-order valence-electron chi connectivity index (χ3n) is 4.82. The summed E-state index contributed by atoms with van der Waals surface area (Å²) < 4.78 is 5.75. The summed E-state index contributed by atoms with van der Waals surface area (Å²) in [5, 5.41) is 16.1. The number of aryl methyl sites for hydroxylation is 3. The maximum absolute atomic E-state index is 10.8. The van der Waals surface area contributed by atoms with Crippen molar-refractivity contribution >= 4 is 28.6 Å². The van der Waals surface area contributed by atoms with E-state index in [2.05, 4.69) is 48.4 Å². The minimum absolute atomic E-state index is 0.0415. The zero-order valence-corrected chi connectivity index (χ0v) is 16.8. The second-order valence-electron chi connectivity index (χ2n) is 7.18. The Morgan fingerprint density at radius 3 is 2.53 bits per heavy atom. The zero-order valence-electron chi connectivity index (χ0n) is 16.8. The number of non-ortho nitro benzene ring substituents is 1. The van der Waals surface area contributed by atoms with Crippen LogP contribution >= 0.6 is 0 Å². The number of hydrogen-bond acceptors (Lipinski definition) is 6. The van der Waals surface area contributed by atoms with Crippen molar-refractivity contribution < 1.29 is 9.34 Å². The number of rotatable bonds is 5. The number of nitro groups is 1. The summed E-state index contributed by atoms with van der Waals surface area (Å²) in [6.07, 6.45) is 1.57.